The van der Waals surface area contributed by atoms with Crippen molar-refractivity contribution in [3.8, 4) is 0 Å². The van der Waals surface area contributed by atoms with Crippen molar-refractivity contribution < 1.29 is 13.0 Å². The van der Waals surface area contributed by atoms with Crippen molar-refractivity contribution in [1.82, 2.24) is 0 Å². The number of hydrogen-bond acceptors (Lipinski definition) is 3. The van der Waals surface area contributed by atoms with E-state index in [9.17, 15) is 8.42 Å². The highest BCUT2D eigenvalue weighted by molar-refractivity contribution is 7.85. The van der Waals surface area contributed by atoms with Crippen LogP contribution in [0.2, 0.25) is 5.02 Å². The number of fused-ring (bicyclic) bond motifs is 1. The summed E-state index contributed by atoms with van der Waals surface area (Å²) < 4.78 is 29.4. The molecule has 1 unspecified atom stereocenters. The maximum atomic E-state index is 10.5. The minimum absolute atomic E-state index is 0.151. The van der Waals surface area contributed by atoms with Gasteiger partial charge < -0.3 is 4.90 Å². The summed E-state index contributed by atoms with van der Waals surface area (Å²) in [4.78, 5) is 2.51. The standard InChI is InChI=1S/C25H43N.C6H5ClO3S/c1-5-6-7-8-9-10-11-12-13-14-15-18-21-26-22(2)25(3,4)23-19-16-17-20-24(23)26;7-5-1-3-6(4-2-5)11(8,9)10/h16-17,19-20,22H,5-15,18,21H2,1-4H3;1-4H,(H,8,9,10). The smallest absolute Gasteiger partial charge is 0.294 e. The highest BCUT2D eigenvalue weighted by Gasteiger charge is 2.40. The van der Waals surface area contributed by atoms with Gasteiger partial charge in [-0.3, -0.25) is 4.55 Å². The Labute approximate surface area is 231 Å². The largest absolute Gasteiger partial charge is 0.368 e. The van der Waals surface area contributed by atoms with Crippen LogP contribution in [0.5, 0.6) is 0 Å². The molecule has 208 valence electrons. The third-order valence-corrected chi connectivity index (χ3v) is 8.90. The van der Waals surface area contributed by atoms with Crippen LogP contribution in [0, 0.1) is 0 Å². The Balaban J connectivity index is 0.000000364. The molecule has 2 aromatic rings. The van der Waals surface area contributed by atoms with Gasteiger partial charge in [-0.1, -0.05) is 121 Å². The van der Waals surface area contributed by atoms with E-state index < -0.39 is 10.1 Å². The van der Waals surface area contributed by atoms with E-state index in [4.69, 9.17) is 16.2 Å². The predicted molar refractivity (Wildman–Crippen MR) is 159 cm³/mol. The van der Waals surface area contributed by atoms with E-state index in [1.54, 1.807) is 0 Å². The topological polar surface area (TPSA) is 57.6 Å². The van der Waals surface area contributed by atoms with Crippen LogP contribution in [-0.2, 0) is 15.5 Å². The minimum atomic E-state index is -4.08. The van der Waals surface area contributed by atoms with Crippen molar-refractivity contribution in [1.29, 1.82) is 0 Å². The normalized spacial score (nSPS) is 16.3. The van der Waals surface area contributed by atoms with Crippen molar-refractivity contribution in [2.24, 2.45) is 0 Å². The molecule has 1 N–H and O–H groups in total. The maximum absolute atomic E-state index is 10.5. The monoisotopic (exact) mass is 549 g/mol. The second-order valence-corrected chi connectivity index (χ2v) is 12.8. The fraction of sp³-hybridized carbons (Fsp3) is 0.613. The minimum Gasteiger partial charge on any atom is -0.368 e. The molecular weight excluding hydrogens is 502 g/mol. The van der Waals surface area contributed by atoms with Gasteiger partial charge in [0.1, 0.15) is 0 Å². The van der Waals surface area contributed by atoms with Crippen molar-refractivity contribution in [3.05, 3.63) is 59.1 Å². The van der Waals surface area contributed by atoms with Crippen LogP contribution >= 0.6 is 11.6 Å². The Kier molecular flexibility index (Phi) is 13.5. The van der Waals surface area contributed by atoms with Crippen molar-refractivity contribution in [2.45, 2.75) is 121 Å². The number of hydrogen-bond donors (Lipinski definition) is 1. The maximum Gasteiger partial charge on any atom is 0.294 e. The molecule has 0 bridgehead atoms. The van der Waals surface area contributed by atoms with Gasteiger partial charge in [-0.05, 0) is 49.2 Å². The quantitative estimate of drug-likeness (QED) is 0.188. The Bertz CT molecular complexity index is 1020. The average Bonchev–Trinajstić information content (AvgIpc) is 3.05. The zero-order chi connectivity index (χ0) is 27.3. The number of anilines is 1. The summed E-state index contributed by atoms with van der Waals surface area (Å²) in [5, 5.41) is 0.428. The van der Waals surface area contributed by atoms with E-state index in [1.165, 1.54) is 119 Å². The van der Waals surface area contributed by atoms with Crippen LogP contribution in [0.15, 0.2) is 53.4 Å². The average molecular weight is 550 g/mol. The van der Waals surface area contributed by atoms with Gasteiger partial charge >= 0.3 is 0 Å². The van der Waals surface area contributed by atoms with Crippen LogP contribution < -0.4 is 4.90 Å². The van der Waals surface area contributed by atoms with Crippen molar-refractivity contribution in [2.75, 3.05) is 11.4 Å². The lowest BCUT2D eigenvalue weighted by Gasteiger charge is -2.31. The van der Waals surface area contributed by atoms with Gasteiger partial charge in [0.05, 0.1) is 4.90 Å². The van der Waals surface area contributed by atoms with Gasteiger partial charge in [-0.25, -0.2) is 0 Å². The van der Waals surface area contributed by atoms with Crippen molar-refractivity contribution in [3.63, 3.8) is 0 Å². The Morgan fingerprint density at radius 3 is 1.81 bits per heavy atom. The van der Waals surface area contributed by atoms with Crippen LogP contribution in [0.25, 0.3) is 0 Å². The lowest BCUT2D eigenvalue weighted by atomic mass is 9.81. The molecule has 4 nitrogen and oxygen atoms in total. The van der Waals surface area contributed by atoms with E-state index in [2.05, 4.69) is 56.9 Å². The summed E-state index contributed by atoms with van der Waals surface area (Å²) >= 11 is 5.49. The lowest BCUT2D eigenvalue weighted by molar-refractivity contribution is 0.436. The van der Waals surface area contributed by atoms with E-state index in [0.29, 0.717) is 11.1 Å². The number of unbranched alkanes of at least 4 members (excludes halogenated alkanes) is 11. The van der Waals surface area contributed by atoms with Crippen LogP contribution in [0.3, 0.4) is 0 Å². The molecule has 0 saturated carbocycles. The summed E-state index contributed by atoms with van der Waals surface area (Å²) in [6, 6.07) is 14.9. The van der Waals surface area contributed by atoms with Gasteiger partial charge in [0.15, 0.2) is 0 Å². The molecule has 0 aromatic heterocycles. The first-order valence-corrected chi connectivity index (χ1v) is 16.0. The zero-order valence-electron chi connectivity index (χ0n) is 23.4. The Morgan fingerprint density at radius 2 is 1.30 bits per heavy atom. The molecule has 0 fully saturated rings. The molecule has 1 aliphatic heterocycles. The lowest BCUT2D eigenvalue weighted by Crippen LogP contribution is -2.39. The first kappa shape index (κ1) is 31.7. The van der Waals surface area contributed by atoms with Gasteiger partial charge in [0.25, 0.3) is 10.1 Å². The van der Waals surface area contributed by atoms with Gasteiger partial charge in [0, 0.05) is 28.7 Å². The molecule has 1 heterocycles. The SMILES string of the molecule is CCCCCCCCCCCCCCN1c2ccccc2C(C)(C)C1C.O=S(=O)(O)c1ccc(Cl)cc1. The predicted octanol–water partition coefficient (Wildman–Crippen LogP) is 9.46. The van der Waals surface area contributed by atoms with Crippen LogP contribution in [0.1, 0.15) is 110 Å². The summed E-state index contributed by atoms with van der Waals surface area (Å²) in [5.41, 5.74) is 3.28. The summed E-state index contributed by atoms with van der Waals surface area (Å²) in [7, 11) is -4.08. The molecule has 6 heteroatoms. The Hall–Kier alpha value is -1.56. The molecule has 3 rings (SSSR count). The van der Waals surface area contributed by atoms with E-state index in [-0.39, 0.29) is 10.3 Å². The van der Waals surface area contributed by atoms with Crippen molar-refractivity contribution >= 4 is 27.4 Å². The molecule has 0 spiro atoms. The molecule has 1 atom stereocenters. The fourth-order valence-corrected chi connectivity index (χ4v) is 5.74. The summed E-state index contributed by atoms with van der Waals surface area (Å²) in [5.74, 6) is 0. The molecule has 37 heavy (non-hydrogen) atoms. The third-order valence-electron chi connectivity index (χ3n) is 7.78. The number of halogens is 1. The second kappa shape index (κ2) is 15.8. The molecule has 0 saturated heterocycles. The van der Waals surface area contributed by atoms with Gasteiger partial charge in [-0.15, -0.1) is 0 Å². The molecule has 1 aliphatic rings. The molecule has 0 amide bonds. The number of benzene rings is 2. The van der Waals surface area contributed by atoms with Gasteiger partial charge in [-0.2, -0.15) is 8.42 Å². The number of rotatable bonds is 14. The highest BCUT2D eigenvalue weighted by atomic mass is 35.5. The van der Waals surface area contributed by atoms with Crippen LogP contribution in [0.4, 0.5) is 5.69 Å². The third kappa shape index (κ3) is 10.3. The summed E-state index contributed by atoms with van der Waals surface area (Å²) in [6.45, 7) is 10.7. The van der Waals surface area contributed by atoms with E-state index in [1.807, 2.05) is 0 Å². The zero-order valence-corrected chi connectivity index (χ0v) is 25.0. The number of nitrogens with zero attached hydrogens (tertiary/aromatic N) is 1. The molecule has 2 aromatic carbocycles. The van der Waals surface area contributed by atoms with E-state index >= 15 is 0 Å². The molecular formula is C31H48ClNO3S. The van der Waals surface area contributed by atoms with E-state index in [0.717, 1.165) is 0 Å². The molecule has 0 radical (unpaired) electrons. The number of para-hydroxylation sites is 1. The highest BCUT2D eigenvalue weighted by Crippen LogP contribution is 2.44. The second-order valence-electron chi connectivity index (χ2n) is 10.9. The first-order chi connectivity index (χ1) is 17.6. The Morgan fingerprint density at radius 1 is 0.811 bits per heavy atom. The fourth-order valence-electron chi connectivity index (χ4n) is 5.14. The van der Waals surface area contributed by atoms with Gasteiger partial charge in [0.2, 0.25) is 0 Å². The summed E-state index contributed by atoms with van der Waals surface area (Å²) in [6.07, 6.45) is 17.1. The van der Waals surface area contributed by atoms with Crippen LogP contribution in [-0.4, -0.2) is 25.6 Å². The molecule has 0 aliphatic carbocycles. The first-order valence-electron chi connectivity index (χ1n) is 14.2.